The third kappa shape index (κ3) is 5.71. The van der Waals surface area contributed by atoms with E-state index < -0.39 is 8.32 Å². The van der Waals surface area contributed by atoms with Crippen molar-refractivity contribution in [2.75, 3.05) is 26.2 Å². The Kier molecular flexibility index (Phi) is 6.43. The zero-order valence-electron chi connectivity index (χ0n) is 15.6. The van der Waals surface area contributed by atoms with Crippen molar-refractivity contribution >= 4 is 8.32 Å². The summed E-state index contributed by atoms with van der Waals surface area (Å²) < 4.78 is 6.33. The number of nitrogens with one attached hydrogen (secondary N) is 1. The molecule has 0 aromatic heterocycles. The molecular weight excluding hydrogens is 300 g/mol. The Morgan fingerprint density at radius 3 is 2.57 bits per heavy atom. The molecule has 1 aromatic rings. The van der Waals surface area contributed by atoms with Crippen molar-refractivity contribution < 1.29 is 4.43 Å². The maximum absolute atomic E-state index is 6.33. The van der Waals surface area contributed by atoms with Crippen LogP contribution in [0.5, 0.6) is 0 Å². The molecule has 1 N–H and O–H groups in total. The number of benzene rings is 1. The molecule has 1 atom stereocenters. The predicted molar refractivity (Wildman–Crippen MR) is 101 cm³/mol. The lowest BCUT2D eigenvalue weighted by molar-refractivity contribution is 0.169. The lowest BCUT2D eigenvalue weighted by Gasteiger charge is -2.38. The van der Waals surface area contributed by atoms with Gasteiger partial charge in [0.15, 0.2) is 8.32 Å². The number of nitrogens with zero attached hydrogens (tertiary/aromatic N) is 1. The number of hydrogen-bond donors (Lipinski definition) is 1. The molecule has 0 saturated carbocycles. The summed E-state index contributed by atoms with van der Waals surface area (Å²) in [6, 6.07) is 11.3. The molecule has 130 valence electrons. The summed E-state index contributed by atoms with van der Waals surface area (Å²) in [4.78, 5) is 2.56. The Balaban J connectivity index is 1.76. The Bertz CT molecular complexity index is 470. The fraction of sp³-hybridized carbons (Fsp3) is 0.684. The third-order valence-corrected chi connectivity index (χ3v) is 9.86. The second-order valence-electron chi connectivity index (χ2n) is 8.27. The van der Waals surface area contributed by atoms with Crippen LogP contribution in [0.4, 0.5) is 0 Å². The van der Waals surface area contributed by atoms with E-state index in [0.29, 0.717) is 11.1 Å². The van der Waals surface area contributed by atoms with Crippen molar-refractivity contribution in [3.63, 3.8) is 0 Å². The lowest BCUT2D eigenvalue weighted by atomic mass is 10.1. The van der Waals surface area contributed by atoms with Crippen molar-refractivity contribution in [3.8, 4) is 0 Å². The monoisotopic (exact) mass is 334 g/mol. The normalized spacial score (nSPS) is 20.7. The molecule has 1 aromatic carbocycles. The van der Waals surface area contributed by atoms with E-state index in [4.69, 9.17) is 4.43 Å². The summed E-state index contributed by atoms with van der Waals surface area (Å²) in [5.74, 6) is 0. The van der Waals surface area contributed by atoms with Gasteiger partial charge in [0, 0.05) is 38.8 Å². The summed E-state index contributed by atoms with van der Waals surface area (Å²) in [5, 5.41) is 3.95. The number of hydrogen-bond acceptors (Lipinski definition) is 3. The minimum Gasteiger partial charge on any atom is -0.417 e. The standard InChI is InChI=1S/C19H34N2OSi/c1-19(2,3)23(4,5)22-14-11-18-16-21(13-12-20-18)15-17-9-7-6-8-10-17/h6-10,18,20H,11-16H2,1-5H3/t18-/m0/s1. The van der Waals surface area contributed by atoms with Gasteiger partial charge in [0.05, 0.1) is 0 Å². The lowest BCUT2D eigenvalue weighted by Crippen LogP contribution is -2.51. The van der Waals surface area contributed by atoms with Gasteiger partial charge in [-0.05, 0) is 30.1 Å². The van der Waals surface area contributed by atoms with Crippen molar-refractivity contribution in [2.24, 2.45) is 0 Å². The molecule has 1 saturated heterocycles. The molecule has 0 spiro atoms. The predicted octanol–water partition coefficient (Wildman–Crippen LogP) is 3.87. The van der Waals surface area contributed by atoms with Gasteiger partial charge in [0.25, 0.3) is 0 Å². The van der Waals surface area contributed by atoms with Crippen LogP contribution in [0.1, 0.15) is 32.8 Å². The van der Waals surface area contributed by atoms with Crippen LogP contribution < -0.4 is 5.32 Å². The molecular formula is C19H34N2OSi. The molecule has 3 nitrogen and oxygen atoms in total. The Hall–Kier alpha value is -0.683. The van der Waals surface area contributed by atoms with Crippen LogP contribution >= 0.6 is 0 Å². The highest BCUT2D eigenvalue weighted by atomic mass is 28.4. The van der Waals surface area contributed by atoms with Gasteiger partial charge in [0.2, 0.25) is 0 Å². The fourth-order valence-corrected chi connectivity index (χ4v) is 3.81. The Labute approximate surface area is 143 Å². The molecule has 1 heterocycles. The smallest absolute Gasteiger partial charge is 0.191 e. The second kappa shape index (κ2) is 7.93. The van der Waals surface area contributed by atoms with Crippen LogP contribution in [0.25, 0.3) is 0 Å². The molecule has 0 unspecified atom stereocenters. The summed E-state index contributed by atoms with van der Waals surface area (Å²) in [6.07, 6.45) is 1.11. The average Bonchev–Trinajstić information content (AvgIpc) is 2.47. The van der Waals surface area contributed by atoms with Gasteiger partial charge in [-0.15, -0.1) is 0 Å². The first-order valence-electron chi connectivity index (χ1n) is 8.91. The molecule has 4 heteroatoms. The van der Waals surface area contributed by atoms with Crippen molar-refractivity contribution in [2.45, 2.75) is 57.9 Å². The molecule has 0 radical (unpaired) electrons. The number of piperazine rings is 1. The van der Waals surface area contributed by atoms with Gasteiger partial charge in [-0.3, -0.25) is 4.90 Å². The van der Waals surface area contributed by atoms with Crippen LogP contribution in [0.15, 0.2) is 30.3 Å². The second-order valence-corrected chi connectivity index (χ2v) is 13.1. The first-order valence-corrected chi connectivity index (χ1v) is 11.8. The van der Waals surface area contributed by atoms with E-state index in [1.54, 1.807) is 0 Å². The van der Waals surface area contributed by atoms with Crippen LogP contribution in [0.2, 0.25) is 18.1 Å². The highest BCUT2D eigenvalue weighted by Gasteiger charge is 2.37. The zero-order chi connectivity index (χ0) is 16.9. The fourth-order valence-electron chi connectivity index (χ4n) is 2.75. The van der Waals surface area contributed by atoms with Gasteiger partial charge >= 0.3 is 0 Å². The maximum atomic E-state index is 6.33. The number of rotatable bonds is 6. The first kappa shape index (κ1) is 18.7. The van der Waals surface area contributed by atoms with Crippen LogP contribution in [0, 0.1) is 0 Å². The maximum Gasteiger partial charge on any atom is 0.191 e. The quantitative estimate of drug-likeness (QED) is 0.799. The molecule has 1 aliphatic heterocycles. The van der Waals surface area contributed by atoms with Crippen molar-refractivity contribution in [1.29, 1.82) is 0 Å². The molecule has 2 rings (SSSR count). The van der Waals surface area contributed by atoms with Crippen molar-refractivity contribution in [1.82, 2.24) is 10.2 Å². The van der Waals surface area contributed by atoms with Gasteiger partial charge in [-0.25, -0.2) is 0 Å². The van der Waals surface area contributed by atoms with E-state index in [1.807, 2.05) is 0 Å². The average molecular weight is 335 g/mol. The molecule has 23 heavy (non-hydrogen) atoms. The van der Waals surface area contributed by atoms with E-state index >= 15 is 0 Å². The SMILES string of the molecule is CC(C)(C)[Si](C)(C)OCC[C@H]1CN(Cc2ccccc2)CCN1. The van der Waals surface area contributed by atoms with E-state index in [9.17, 15) is 0 Å². The van der Waals surface area contributed by atoms with Crippen LogP contribution in [0.3, 0.4) is 0 Å². The minimum absolute atomic E-state index is 0.298. The van der Waals surface area contributed by atoms with Gasteiger partial charge in [-0.2, -0.15) is 0 Å². The summed E-state index contributed by atoms with van der Waals surface area (Å²) in [5.41, 5.74) is 1.41. The largest absolute Gasteiger partial charge is 0.417 e. The first-order chi connectivity index (χ1) is 10.8. The van der Waals surface area contributed by atoms with E-state index in [2.05, 4.69) is 74.4 Å². The van der Waals surface area contributed by atoms with E-state index in [-0.39, 0.29) is 0 Å². The molecule has 1 aliphatic rings. The Morgan fingerprint density at radius 1 is 1.22 bits per heavy atom. The zero-order valence-corrected chi connectivity index (χ0v) is 16.6. The molecule has 0 bridgehead atoms. The summed E-state index contributed by atoms with van der Waals surface area (Å²) in [6.45, 7) is 16.9. The Morgan fingerprint density at radius 2 is 1.91 bits per heavy atom. The topological polar surface area (TPSA) is 24.5 Å². The van der Waals surface area contributed by atoms with Crippen LogP contribution in [-0.2, 0) is 11.0 Å². The van der Waals surface area contributed by atoms with Gasteiger partial charge < -0.3 is 9.74 Å². The highest BCUT2D eigenvalue weighted by molar-refractivity contribution is 6.74. The molecule has 0 amide bonds. The van der Waals surface area contributed by atoms with Gasteiger partial charge in [0.1, 0.15) is 0 Å². The van der Waals surface area contributed by atoms with Crippen LogP contribution in [-0.4, -0.2) is 45.5 Å². The van der Waals surface area contributed by atoms with Gasteiger partial charge in [-0.1, -0.05) is 51.1 Å². The minimum atomic E-state index is -1.61. The van der Waals surface area contributed by atoms with Crippen molar-refractivity contribution in [3.05, 3.63) is 35.9 Å². The van der Waals surface area contributed by atoms with E-state index in [0.717, 1.165) is 39.2 Å². The third-order valence-electron chi connectivity index (χ3n) is 5.32. The summed E-state index contributed by atoms with van der Waals surface area (Å²) in [7, 11) is -1.61. The molecule has 1 fully saturated rings. The summed E-state index contributed by atoms with van der Waals surface area (Å²) >= 11 is 0. The highest BCUT2D eigenvalue weighted by Crippen LogP contribution is 2.36. The van der Waals surface area contributed by atoms with E-state index in [1.165, 1.54) is 5.56 Å². The molecule has 0 aliphatic carbocycles.